The maximum atomic E-state index is 13.4. The van der Waals surface area contributed by atoms with Crippen molar-refractivity contribution in [3.8, 4) is 0 Å². The van der Waals surface area contributed by atoms with Crippen LogP contribution < -0.4 is 11.1 Å². The number of hydrogen-bond donors (Lipinski definition) is 2. The molecule has 0 bridgehead atoms. The maximum Gasteiger partial charge on any atom is 0.311 e. The van der Waals surface area contributed by atoms with Crippen molar-refractivity contribution in [2.24, 2.45) is 23.5 Å². The van der Waals surface area contributed by atoms with E-state index >= 15 is 0 Å². The summed E-state index contributed by atoms with van der Waals surface area (Å²) >= 11 is 0. The van der Waals surface area contributed by atoms with Gasteiger partial charge in [0, 0.05) is 27.3 Å². The molecule has 3 N–H and O–H groups in total. The molecule has 0 radical (unpaired) electrons. The molecule has 0 aromatic rings. The monoisotopic (exact) mass is 452 g/mol. The zero-order valence-electron chi connectivity index (χ0n) is 19.7. The highest BCUT2D eigenvalue weighted by molar-refractivity contribution is 5.82. The fourth-order valence-corrected chi connectivity index (χ4v) is 6.39. The van der Waals surface area contributed by atoms with Crippen molar-refractivity contribution in [1.82, 2.24) is 15.1 Å². The summed E-state index contributed by atoms with van der Waals surface area (Å²) in [5.41, 5.74) is 6.65. The number of fused-ring (bicyclic) bond motifs is 2. The summed E-state index contributed by atoms with van der Waals surface area (Å²) in [5, 5.41) is 3.72. The molecule has 4 fully saturated rings. The quantitative estimate of drug-likeness (QED) is 0.572. The van der Waals surface area contributed by atoms with Gasteiger partial charge in [0.2, 0.25) is 5.91 Å². The number of amides is 1. The van der Waals surface area contributed by atoms with Crippen molar-refractivity contribution < 1.29 is 23.8 Å². The van der Waals surface area contributed by atoms with Gasteiger partial charge >= 0.3 is 5.97 Å². The van der Waals surface area contributed by atoms with Gasteiger partial charge in [-0.2, -0.15) is 0 Å². The van der Waals surface area contributed by atoms with Crippen molar-refractivity contribution in [2.45, 2.75) is 82.1 Å². The van der Waals surface area contributed by atoms with Gasteiger partial charge in [-0.15, -0.1) is 0 Å². The molecule has 182 valence electrons. The molecule has 0 aromatic heterocycles. The Morgan fingerprint density at radius 2 is 1.88 bits per heavy atom. The van der Waals surface area contributed by atoms with E-state index in [1.54, 1.807) is 14.2 Å². The summed E-state index contributed by atoms with van der Waals surface area (Å²) in [4.78, 5) is 30.1. The van der Waals surface area contributed by atoms with E-state index in [2.05, 4.69) is 10.2 Å². The third-order valence-electron chi connectivity index (χ3n) is 8.25. The van der Waals surface area contributed by atoms with E-state index in [4.69, 9.17) is 19.9 Å². The minimum atomic E-state index is -0.496. The van der Waals surface area contributed by atoms with E-state index in [0.717, 1.165) is 58.0 Å². The number of carbonyl (C=O) groups is 2. The van der Waals surface area contributed by atoms with Crippen molar-refractivity contribution in [1.29, 1.82) is 0 Å². The molecular weight excluding hydrogens is 412 g/mol. The normalized spacial score (nSPS) is 40.5. The summed E-state index contributed by atoms with van der Waals surface area (Å²) in [6.07, 6.45) is 7.26. The standard InChI is InChI=1S/C23H40N4O5/c1-30-17-8-7-14(12-18(17)31-2)9-11-27-20(24)15(23(29)32-3)13-16-21(27)25-19-6-4-5-10-26(19)22(16)28/h14-21,25H,4-13,24H2,1-3H3. The molecule has 1 aliphatic carbocycles. The number of nitrogens with one attached hydrogen (secondary N) is 1. The number of methoxy groups -OCH3 is 3. The lowest BCUT2D eigenvalue weighted by atomic mass is 9.79. The third-order valence-corrected chi connectivity index (χ3v) is 8.25. The van der Waals surface area contributed by atoms with Crippen molar-refractivity contribution in [3.05, 3.63) is 0 Å². The Hall–Kier alpha value is -1.26. The van der Waals surface area contributed by atoms with E-state index in [-0.39, 0.29) is 42.3 Å². The molecule has 1 saturated carbocycles. The van der Waals surface area contributed by atoms with Crippen molar-refractivity contribution >= 4 is 11.9 Å². The summed E-state index contributed by atoms with van der Waals surface area (Å²) in [7, 11) is 4.89. The number of esters is 1. The Bertz CT molecular complexity index is 679. The van der Waals surface area contributed by atoms with Gasteiger partial charge in [-0.3, -0.25) is 19.8 Å². The number of nitrogens with two attached hydrogens (primary N) is 1. The molecule has 1 amide bonds. The zero-order valence-corrected chi connectivity index (χ0v) is 19.7. The molecule has 32 heavy (non-hydrogen) atoms. The number of rotatable bonds is 6. The summed E-state index contributed by atoms with van der Waals surface area (Å²) in [6.45, 7) is 1.53. The molecule has 8 atom stereocenters. The van der Waals surface area contributed by atoms with Gasteiger partial charge < -0.3 is 24.8 Å². The van der Waals surface area contributed by atoms with E-state index < -0.39 is 12.1 Å². The van der Waals surface area contributed by atoms with Gasteiger partial charge in [0.25, 0.3) is 0 Å². The van der Waals surface area contributed by atoms with Gasteiger partial charge in [0.05, 0.1) is 49.7 Å². The van der Waals surface area contributed by atoms with Crippen LogP contribution in [-0.2, 0) is 23.8 Å². The second-order valence-corrected chi connectivity index (χ2v) is 9.87. The van der Waals surface area contributed by atoms with E-state index in [1.165, 1.54) is 7.11 Å². The second-order valence-electron chi connectivity index (χ2n) is 9.87. The van der Waals surface area contributed by atoms with Crippen LogP contribution in [-0.4, -0.2) is 86.8 Å². The van der Waals surface area contributed by atoms with Crippen molar-refractivity contribution in [3.63, 3.8) is 0 Å². The van der Waals surface area contributed by atoms with Gasteiger partial charge in [0.1, 0.15) is 0 Å². The van der Waals surface area contributed by atoms with Gasteiger partial charge in [-0.1, -0.05) is 0 Å². The topological polar surface area (TPSA) is 106 Å². The van der Waals surface area contributed by atoms with Crippen LogP contribution in [0.4, 0.5) is 0 Å². The molecule has 0 aromatic carbocycles. The molecule has 0 spiro atoms. The largest absolute Gasteiger partial charge is 0.469 e. The number of carbonyl (C=O) groups excluding carboxylic acids is 2. The average Bonchev–Trinajstić information content (AvgIpc) is 2.82. The molecule has 3 saturated heterocycles. The molecule has 8 unspecified atom stereocenters. The lowest BCUT2D eigenvalue weighted by molar-refractivity contribution is -0.168. The Morgan fingerprint density at radius 1 is 1.09 bits per heavy atom. The minimum Gasteiger partial charge on any atom is -0.469 e. The lowest BCUT2D eigenvalue weighted by Crippen LogP contribution is -2.74. The van der Waals surface area contributed by atoms with Crippen LogP contribution in [0.3, 0.4) is 0 Å². The first kappa shape index (κ1) is 23.9. The Kier molecular flexibility index (Phi) is 7.72. The number of hydrogen-bond acceptors (Lipinski definition) is 8. The Morgan fingerprint density at radius 3 is 2.59 bits per heavy atom. The van der Waals surface area contributed by atoms with Crippen LogP contribution in [0.25, 0.3) is 0 Å². The number of likely N-dealkylation sites (tertiary alicyclic amines) is 1. The number of nitrogens with zero attached hydrogens (tertiary/aromatic N) is 2. The highest BCUT2D eigenvalue weighted by Crippen LogP contribution is 2.38. The molecule has 4 aliphatic rings. The first-order chi connectivity index (χ1) is 15.5. The Balaban J connectivity index is 1.49. The third kappa shape index (κ3) is 4.55. The molecule has 3 heterocycles. The second kappa shape index (κ2) is 10.3. The fraction of sp³-hybridized carbons (Fsp3) is 0.913. The number of piperidine rings is 2. The zero-order chi connectivity index (χ0) is 22.8. The maximum absolute atomic E-state index is 13.4. The summed E-state index contributed by atoms with van der Waals surface area (Å²) < 4.78 is 16.3. The van der Waals surface area contributed by atoms with Crippen LogP contribution in [0.2, 0.25) is 0 Å². The molecule has 3 aliphatic heterocycles. The highest BCUT2D eigenvalue weighted by atomic mass is 16.5. The number of ether oxygens (including phenoxy) is 3. The highest BCUT2D eigenvalue weighted by Gasteiger charge is 2.52. The van der Waals surface area contributed by atoms with Crippen LogP contribution in [0, 0.1) is 17.8 Å². The van der Waals surface area contributed by atoms with Crippen LogP contribution >= 0.6 is 0 Å². The smallest absolute Gasteiger partial charge is 0.311 e. The van der Waals surface area contributed by atoms with Gasteiger partial charge in [0.15, 0.2) is 0 Å². The Labute approximate surface area is 191 Å². The van der Waals surface area contributed by atoms with Crippen LogP contribution in [0.1, 0.15) is 51.4 Å². The van der Waals surface area contributed by atoms with E-state index in [0.29, 0.717) is 12.3 Å². The first-order valence-electron chi connectivity index (χ1n) is 12.2. The van der Waals surface area contributed by atoms with E-state index in [9.17, 15) is 9.59 Å². The van der Waals surface area contributed by atoms with Crippen molar-refractivity contribution in [2.75, 3.05) is 34.4 Å². The molecular formula is C23H40N4O5. The fourth-order valence-electron chi connectivity index (χ4n) is 6.39. The molecule has 4 rings (SSSR count). The predicted molar refractivity (Wildman–Crippen MR) is 118 cm³/mol. The SMILES string of the molecule is COC(=O)C1CC2C(=O)N3CCCCC3NC2N(CCC2CCC(OC)C(OC)C2)C1N. The summed E-state index contributed by atoms with van der Waals surface area (Å²) in [6, 6.07) is 0. The van der Waals surface area contributed by atoms with Gasteiger partial charge in [-0.25, -0.2) is 0 Å². The minimum absolute atomic E-state index is 0.0666. The first-order valence-corrected chi connectivity index (χ1v) is 12.2. The van der Waals surface area contributed by atoms with Crippen LogP contribution in [0.5, 0.6) is 0 Å². The summed E-state index contributed by atoms with van der Waals surface area (Å²) in [5.74, 6) is -0.437. The average molecular weight is 453 g/mol. The predicted octanol–water partition coefficient (Wildman–Crippen LogP) is 0.870. The lowest BCUT2D eigenvalue weighted by Gasteiger charge is -2.55. The van der Waals surface area contributed by atoms with E-state index in [1.807, 2.05) is 4.90 Å². The van der Waals surface area contributed by atoms with Gasteiger partial charge in [-0.05, 0) is 57.3 Å². The van der Waals surface area contributed by atoms with Crippen LogP contribution in [0.15, 0.2) is 0 Å². The molecule has 9 heteroatoms. The molecule has 9 nitrogen and oxygen atoms in total.